The molecule has 3 nitrogen and oxygen atoms in total. The number of carbonyl (C=O) groups is 1. The van der Waals surface area contributed by atoms with Crippen molar-refractivity contribution in [2.45, 2.75) is 26.2 Å². The van der Waals surface area contributed by atoms with Crippen molar-refractivity contribution in [2.24, 2.45) is 0 Å². The second-order valence-electron chi connectivity index (χ2n) is 6.39. The minimum absolute atomic E-state index is 0.0159. The highest BCUT2D eigenvalue weighted by molar-refractivity contribution is 7.22. The van der Waals surface area contributed by atoms with Crippen molar-refractivity contribution in [1.82, 2.24) is 4.98 Å². The van der Waals surface area contributed by atoms with Crippen LogP contribution in [0.1, 0.15) is 36.7 Å². The van der Waals surface area contributed by atoms with E-state index in [2.05, 4.69) is 37.1 Å². The fourth-order valence-corrected chi connectivity index (χ4v) is 3.15. The SMILES string of the molecule is CC(C)(C)c1ccc2nc(NC(=O)c3ccccc3F)sc2c1. The van der Waals surface area contributed by atoms with Crippen LogP contribution >= 0.6 is 11.3 Å². The summed E-state index contributed by atoms with van der Waals surface area (Å²) < 4.78 is 14.7. The topological polar surface area (TPSA) is 42.0 Å². The average molecular weight is 328 g/mol. The van der Waals surface area contributed by atoms with Gasteiger partial charge >= 0.3 is 0 Å². The number of amides is 1. The molecule has 1 N–H and O–H groups in total. The van der Waals surface area contributed by atoms with Crippen molar-refractivity contribution < 1.29 is 9.18 Å². The number of thiazole rings is 1. The highest BCUT2D eigenvalue weighted by Gasteiger charge is 2.16. The number of aromatic nitrogens is 1. The third kappa shape index (κ3) is 3.24. The summed E-state index contributed by atoms with van der Waals surface area (Å²) in [6.07, 6.45) is 0. The Morgan fingerprint density at radius 3 is 2.61 bits per heavy atom. The van der Waals surface area contributed by atoms with Gasteiger partial charge in [-0.3, -0.25) is 10.1 Å². The van der Waals surface area contributed by atoms with Gasteiger partial charge in [0.05, 0.1) is 15.8 Å². The number of benzene rings is 2. The second-order valence-corrected chi connectivity index (χ2v) is 7.42. The predicted molar refractivity (Wildman–Crippen MR) is 92.7 cm³/mol. The van der Waals surface area contributed by atoms with Crippen LogP contribution in [0.4, 0.5) is 9.52 Å². The molecule has 3 aromatic rings. The zero-order valence-corrected chi connectivity index (χ0v) is 14.0. The van der Waals surface area contributed by atoms with E-state index in [0.717, 1.165) is 10.2 Å². The van der Waals surface area contributed by atoms with Crippen LogP contribution in [0.25, 0.3) is 10.2 Å². The smallest absolute Gasteiger partial charge is 0.260 e. The van der Waals surface area contributed by atoms with E-state index >= 15 is 0 Å². The first-order valence-electron chi connectivity index (χ1n) is 7.31. The normalized spacial score (nSPS) is 11.7. The molecule has 0 saturated carbocycles. The maximum Gasteiger partial charge on any atom is 0.260 e. The summed E-state index contributed by atoms with van der Waals surface area (Å²) in [5, 5.41) is 3.15. The molecule has 1 heterocycles. The van der Waals surface area contributed by atoms with Gasteiger partial charge in [-0.05, 0) is 35.2 Å². The Kier molecular flexibility index (Phi) is 3.90. The van der Waals surface area contributed by atoms with Crippen molar-refractivity contribution in [2.75, 3.05) is 5.32 Å². The Morgan fingerprint density at radius 1 is 1.17 bits per heavy atom. The number of hydrogen-bond acceptors (Lipinski definition) is 3. The van der Waals surface area contributed by atoms with Crippen LogP contribution in [0.15, 0.2) is 42.5 Å². The van der Waals surface area contributed by atoms with Crippen molar-refractivity contribution in [3.05, 3.63) is 59.4 Å². The summed E-state index contributed by atoms with van der Waals surface area (Å²) in [5.74, 6) is -1.03. The van der Waals surface area contributed by atoms with Gasteiger partial charge in [0.2, 0.25) is 0 Å². The molecule has 0 aliphatic heterocycles. The number of hydrogen-bond donors (Lipinski definition) is 1. The number of fused-ring (bicyclic) bond motifs is 1. The highest BCUT2D eigenvalue weighted by atomic mass is 32.1. The van der Waals surface area contributed by atoms with Crippen LogP contribution in [0, 0.1) is 5.82 Å². The Balaban J connectivity index is 1.89. The van der Waals surface area contributed by atoms with E-state index < -0.39 is 11.7 Å². The van der Waals surface area contributed by atoms with E-state index in [4.69, 9.17) is 0 Å². The van der Waals surface area contributed by atoms with Gasteiger partial charge < -0.3 is 0 Å². The summed E-state index contributed by atoms with van der Waals surface area (Å²) in [5.41, 5.74) is 2.10. The number of rotatable bonds is 2. The molecule has 0 bridgehead atoms. The molecule has 5 heteroatoms. The predicted octanol–water partition coefficient (Wildman–Crippen LogP) is 4.99. The molecule has 0 spiro atoms. The average Bonchev–Trinajstić information content (AvgIpc) is 2.87. The van der Waals surface area contributed by atoms with Gasteiger partial charge in [-0.25, -0.2) is 9.37 Å². The molecular formula is C18H17FN2OS. The van der Waals surface area contributed by atoms with Gasteiger partial charge in [0.1, 0.15) is 5.82 Å². The van der Waals surface area contributed by atoms with Crippen LogP contribution in [0.5, 0.6) is 0 Å². The van der Waals surface area contributed by atoms with Crippen molar-refractivity contribution >= 4 is 32.6 Å². The molecule has 3 rings (SSSR count). The standard InChI is InChI=1S/C18H17FN2OS/c1-18(2,3)11-8-9-14-15(10-11)23-17(20-14)21-16(22)12-6-4-5-7-13(12)19/h4-10H,1-3H3,(H,20,21,22). The highest BCUT2D eigenvalue weighted by Crippen LogP contribution is 2.31. The fourth-order valence-electron chi connectivity index (χ4n) is 2.25. The van der Waals surface area contributed by atoms with Crippen LogP contribution in [-0.4, -0.2) is 10.9 Å². The van der Waals surface area contributed by atoms with Crippen molar-refractivity contribution in [3.8, 4) is 0 Å². The van der Waals surface area contributed by atoms with Crippen LogP contribution < -0.4 is 5.32 Å². The van der Waals surface area contributed by atoms with Crippen molar-refractivity contribution in [1.29, 1.82) is 0 Å². The van der Waals surface area contributed by atoms with Crippen molar-refractivity contribution in [3.63, 3.8) is 0 Å². The molecule has 0 fully saturated rings. The van der Waals surface area contributed by atoms with Gasteiger partial charge in [0, 0.05) is 0 Å². The lowest BCUT2D eigenvalue weighted by atomic mass is 9.87. The van der Waals surface area contributed by atoms with Gasteiger partial charge in [-0.1, -0.05) is 50.3 Å². The molecule has 0 saturated heterocycles. The van der Waals surface area contributed by atoms with Crippen LogP contribution in [0.2, 0.25) is 0 Å². The molecule has 118 valence electrons. The van der Waals surface area contributed by atoms with E-state index in [9.17, 15) is 9.18 Å². The summed E-state index contributed by atoms with van der Waals surface area (Å²) in [6.45, 7) is 6.45. The lowest BCUT2D eigenvalue weighted by Gasteiger charge is -2.18. The van der Waals surface area contributed by atoms with Crippen LogP contribution in [0.3, 0.4) is 0 Å². The maximum atomic E-state index is 13.7. The van der Waals surface area contributed by atoms with E-state index in [1.165, 1.54) is 29.0 Å². The Labute approximate surface area is 138 Å². The molecule has 0 atom stereocenters. The minimum atomic E-state index is -0.541. The number of carbonyl (C=O) groups excluding carboxylic acids is 1. The molecule has 2 aromatic carbocycles. The number of halogens is 1. The largest absolute Gasteiger partial charge is 0.298 e. The van der Waals surface area contributed by atoms with E-state index in [1.54, 1.807) is 12.1 Å². The molecule has 0 aliphatic rings. The summed E-state index contributed by atoms with van der Waals surface area (Å²) in [6, 6.07) is 12.0. The fraction of sp³-hybridized carbons (Fsp3) is 0.222. The van der Waals surface area contributed by atoms with E-state index in [0.29, 0.717) is 5.13 Å². The second kappa shape index (κ2) is 5.74. The molecule has 0 unspecified atom stereocenters. The Hall–Kier alpha value is -2.27. The third-order valence-electron chi connectivity index (χ3n) is 3.59. The lowest BCUT2D eigenvalue weighted by Crippen LogP contribution is -2.13. The lowest BCUT2D eigenvalue weighted by molar-refractivity contribution is 0.102. The van der Waals surface area contributed by atoms with Gasteiger partial charge in [-0.2, -0.15) is 0 Å². The minimum Gasteiger partial charge on any atom is -0.298 e. The number of nitrogens with one attached hydrogen (secondary N) is 1. The summed E-state index contributed by atoms with van der Waals surface area (Å²) in [4.78, 5) is 16.5. The summed E-state index contributed by atoms with van der Waals surface area (Å²) in [7, 11) is 0. The first kappa shape index (κ1) is 15.6. The molecule has 1 aromatic heterocycles. The zero-order valence-electron chi connectivity index (χ0n) is 13.2. The summed E-state index contributed by atoms with van der Waals surface area (Å²) >= 11 is 1.39. The number of anilines is 1. The Bertz CT molecular complexity index is 880. The van der Waals surface area contributed by atoms with E-state index in [-0.39, 0.29) is 11.0 Å². The van der Waals surface area contributed by atoms with Gasteiger partial charge in [0.15, 0.2) is 5.13 Å². The molecular weight excluding hydrogens is 311 g/mol. The van der Waals surface area contributed by atoms with Gasteiger partial charge in [0.25, 0.3) is 5.91 Å². The quantitative estimate of drug-likeness (QED) is 0.720. The molecule has 0 aliphatic carbocycles. The van der Waals surface area contributed by atoms with Gasteiger partial charge in [-0.15, -0.1) is 0 Å². The molecule has 23 heavy (non-hydrogen) atoms. The molecule has 1 amide bonds. The zero-order chi connectivity index (χ0) is 16.6. The molecule has 0 radical (unpaired) electrons. The first-order valence-corrected chi connectivity index (χ1v) is 8.13. The number of nitrogens with zero attached hydrogens (tertiary/aromatic N) is 1. The monoisotopic (exact) mass is 328 g/mol. The van der Waals surface area contributed by atoms with E-state index in [1.807, 2.05) is 12.1 Å². The van der Waals surface area contributed by atoms with Crippen LogP contribution in [-0.2, 0) is 5.41 Å². The first-order chi connectivity index (χ1) is 10.8. The maximum absolute atomic E-state index is 13.7. The third-order valence-corrected chi connectivity index (χ3v) is 4.53. The Morgan fingerprint density at radius 2 is 1.91 bits per heavy atom.